The predicted molar refractivity (Wildman–Crippen MR) is 88.8 cm³/mol. The smallest absolute Gasteiger partial charge is 0.507 e. The van der Waals surface area contributed by atoms with E-state index in [1.165, 1.54) is 0 Å². The number of hydrogen-bond donors (Lipinski definition) is 1. The molecule has 0 aliphatic heterocycles. The largest absolute Gasteiger partial charge is 0.542 e. The number of nitrogens with zero attached hydrogens (tertiary/aromatic N) is 2. The van der Waals surface area contributed by atoms with Gasteiger partial charge in [0.15, 0.2) is 0 Å². The molecule has 0 aliphatic rings. The molecule has 0 saturated heterocycles. The van der Waals surface area contributed by atoms with Crippen molar-refractivity contribution in [1.29, 1.82) is 0 Å². The number of benzene rings is 2. The van der Waals surface area contributed by atoms with Crippen LogP contribution in [0.25, 0.3) is 0 Å². The van der Waals surface area contributed by atoms with Crippen molar-refractivity contribution >= 4 is 6.16 Å². The van der Waals surface area contributed by atoms with Crippen molar-refractivity contribution in [2.45, 2.75) is 26.8 Å². The van der Waals surface area contributed by atoms with E-state index in [0.717, 1.165) is 12.0 Å². The molecule has 6 nitrogen and oxygen atoms in total. The first-order valence-electron chi connectivity index (χ1n) is 7.66. The Bertz CT molecular complexity index is 699. The molecule has 0 heterocycles. The second-order valence-electron chi connectivity index (χ2n) is 5.66. The van der Waals surface area contributed by atoms with Crippen molar-refractivity contribution < 1.29 is 19.5 Å². The van der Waals surface area contributed by atoms with Crippen LogP contribution in [0.15, 0.2) is 58.9 Å². The summed E-state index contributed by atoms with van der Waals surface area (Å²) in [6.07, 6.45) is -0.195. The molecule has 1 N–H and O–H groups in total. The Morgan fingerprint density at radius 3 is 2.50 bits per heavy atom. The van der Waals surface area contributed by atoms with Gasteiger partial charge in [0.1, 0.15) is 11.5 Å². The Kier molecular flexibility index (Phi) is 6.31. The fraction of sp³-hybridized carbons (Fsp3) is 0.278. The van der Waals surface area contributed by atoms with Crippen molar-refractivity contribution in [3.63, 3.8) is 0 Å². The molecule has 24 heavy (non-hydrogen) atoms. The highest BCUT2D eigenvalue weighted by atomic mass is 16.8. The minimum atomic E-state index is -0.970. The normalized spacial score (nSPS) is 11.0. The highest BCUT2D eigenvalue weighted by molar-refractivity contribution is 5.63. The number of carbonyl (C=O) groups is 1. The van der Waals surface area contributed by atoms with Crippen LogP contribution in [-0.4, -0.2) is 11.3 Å². The van der Waals surface area contributed by atoms with Gasteiger partial charge in [0.2, 0.25) is 0 Å². The molecule has 0 radical (unpaired) electrons. The summed E-state index contributed by atoms with van der Waals surface area (Å²) in [6, 6.07) is 14.0. The highest BCUT2D eigenvalue weighted by Crippen LogP contribution is 2.25. The zero-order valence-corrected chi connectivity index (χ0v) is 13.7. The van der Waals surface area contributed by atoms with Gasteiger partial charge in [-0.1, -0.05) is 50.2 Å². The van der Waals surface area contributed by atoms with Crippen molar-refractivity contribution in [2.75, 3.05) is 0 Å². The number of phenolic OH excluding ortho intramolecular Hbond substituents is 1. The van der Waals surface area contributed by atoms with Gasteiger partial charge in [0.05, 0.1) is 6.54 Å². The van der Waals surface area contributed by atoms with Crippen LogP contribution in [0.5, 0.6) is 11.5 Å². The average molecular weight is 328 g/mol. The Hall–Kier alpha value is -2.89. The molecule has 0 atom stereocenters. The zero-order valence-electron chi connectivity index (χ0n) is 13.7. The van der Waals surface area contributed by atoms with E-state index >= 15 is 0 Å². The summed E-state index contributed by atoms with van der Waals surface area (Å²) >= 11 is 0. The van der Waals surface area contributed by atoms with Gasteiger partial charge in [-0.2, -0.15) is 0 Å². The maximum Gasteiger partial charge on any atom is 0.542 e. The van der Waals surface area contributed by atoms with E-state index in [2.05, 4.69) is 29.1 Å². The number of carbonyl (C=O) groups excluding carboxylic acids is 1. The molecule has 0 spiro atoms. The Labute approximate surface area is 140 Å². The molecule has 0 bridgehead atoms. The first-order chi connectivity index (χ1) is 11.6. The van der Waals surface area contributed by atoms with E-state index in [9.17, 15) is 9.90 Å². The van der Waals surface area contributed by atoms with Gasteiger partial charge in [-0.3, -0.25) is 4.84 Å². The van der Waals surface area contributed by atoms with Crippen LogP contribution < -0.4 is 4.74 Å². The second-order valence-corrected chi connectivity index (χ2v) is 5.66. The van der Waals surface area contributed by atoms with E-state index < -0.39 is 6.16 Å². The molecule has 126 valence electrons. The third-order valence-corrected chi connectivity index (χ3v) is 3.19. The fourth-order valence-electron chi connectivity index (χ4n) is 2.15. The molecule has 0 amide bonds. The molecule has 0 fully saturated rings. The van der Waals surface area contributed by atoms with Crippen LogP contribution in [0.4, 0.5) is 4.79 Å². The van der Waals surface area contributed by atoms with E-state index in [4.69, 9.17) is 4.74 Å². The topological polar surface area (TPSA) is 80.5 Å². The first-order valence-corrected chi connectivity index (χ1v) is 7.66. The molecule has 2 aromatic rings. The van der Waals surface area contributed by atoms with E-state index in [1.807, 2.05) is 12.1 Å². The predicted octanol–water partition coefficient (Wildman–Crippen LogP) is 4.67. The molecule has 6 heteroatoms. The molecular formula is C18H20N2O4. The number of aromatic hydroxyl groups is 1. The number of hydrogen-bond acceptors (Lipinski definition) is 6. The summed E-state index contributed by atoms with van der Waals surface area (Å²) in [6.45, 7) is 4.27. The van der Waals surface area contributed by atoms with Gasteiger partial charge in [-0.05, 0) is 30.0 Å². The Morgan fingerprint density at radius 2 is 1.79 bits per heavy atom. The summed E-state index contributed by atoms with van der Waals surface area (Å²) in [7, 11) is 0. The van der Waals surface area contributed by atoms with Gasteiger partial charge in [-0.25, -0.2) is 4.79 Å². The SMILES string of the molecule is CC(C)Cc1cccc(C/N=N/OC(=O)Oc2ccccc2)c1O. The van der Waals surface area contributed by atoms with E-state index in [0.29, 0.717) is 17.2 Å². The fourth-order valence-corrected chi connectivity index (χ4v) is 2.15. The second kappa shape index (κ2) is 8.67. The minimum absolute atomic E-state index is 0.108. The summed E-state index contributed by atoms with van der Waals surface area (Å²) < 4.78 is 4.89. The Balaban J connectivity index is 1.87. The quantitative estimate of drug-likeness (QED) is 0.361. The minimum Gasteiger partial charge on any atom is -0.507 e. The summed E-state index contributed by atoms with van der Waals surface area (Å²) in [5.41, 5.74) is 1.49. The van der Waals surface area contributed by atoms with Crippen molar-refractivity contribution in [3.8, 4) is 11.5 Å². The van der Waals surface area contributed by atoms with Gasteiger partial charge in [0.25, 0.3) is 0 Å². The van der Waals surface area contributed by atoms with Crippen molar-refractivity contribution in [1.82, 2.24) is 0 Å². The molecular weight excluding hydrogens is 308 g/mol. The summed E-state index contributed by atoms with van der Waals surface area (Å²) in [5, 5.41) is 17.3. The number of phenols is 1. The third kappa shape index (κ3) is 5.39. The lowest BCUT2D eigenvalue weighted by Gasteiger charge is -2.09. The third-order valence-electron chi connectivity index (χ3n) is 3.19. The molecule has 2 rings (SSSR count). The van der Waals surface area contributed by atoms with Crippen LogP contribution in [0.1, 0.15) is 25.0 Å². The standard InChI is InChI=1S/C18H20N2O4/c1-13(2)11-14-7-6-8-15(17(14)21)12-19-20-24-18(22)23-16-9-4-3-5-10-16/h3-10,13,21H,11-12H2,1-2H3/b20-19+. The number of rotatable bonds is 6. The maximum atomic E-state index is 11.4. The number of ether oxygens (including phenoxy) is 1. The maximum absolute atomic E-state index is 11.4. The van der Waals surface area contributed by atoms with Gasteiger partial charge in [-0.15, -0.1) is 5.11 Å². The van der Waals surface area contributed by atoms with Crippen LogP contribution in [0, 0.1) is 5.92 Å². The van der Waals surface area contributed by atoms with Gasteiger partial charge < -0.3 is 9.84 Å². The van der Waals surface area contributed by atoms with Crippen molar-refractivity contribution in [2.24, 2.45) is 16.3 Å². The van der Waals surface area contributed by atoms with Crippen LogP contribution >= 0.6 is 0 Å². The van der Waals surface area contributed by atoms with E-state index in [-0.39, 0.29) is 12.3 Å². The lowest BCUT2D eigenvalue weighted by Crippen LogP contribution is -2.06. The molecule has 0 aliphatic carbocycles. The molecule has 2 aromatic carbocycles. The number of para-hydroxylation sites is 2. The lowest BCUT2D eigenvalue weighted by molar-refractivity contribution is 0.0932. The van der Waals surface area contributed by atoms with Gasteiger partial charge in [0, 0.05) is 10.8 Å². The zero-order chi connectivity index (χ0) is 17.4. The summed E-state index contributed by atoms with van der Waals surface area (Å²) in [4.78, 5) is 15.9. The monoisotopic (exact) mass is 328 g/mol. The Morgan fingerprint density at radius 1 is 1.08 bits per heavy atom. The van der Waals surface area contributed by atoms with Crippen molar-refractivity contribution in [3.05, 3.63) is 59.7 Å². The average Bonchev–Trinajstić information content (AvgIpc) is 2.55. The van der Waals surface area contributed by atoms with Crippen LogP contribution in [0.3, 0.4) is 0 Å². The molecule has 0 unspecified atom stereocenters. The van der Waals surface area contributed by atoms with Crippen LogP contribution in [-0.2, 0) is 17.8 Å². The highest BCUT2D eigenvalue weighted by Gasteiger charge is 2.09. The summed E-state index contributed by atoms with van der Waals surface area (Å²) in [5.74, 6) is 0.998. The van der Waals surface area contributed by atoms with Crippen LogP contribution in [0.2, 0.25) is 0 Å². The first kappa shape index (κ1) is 17.5. The van der Waals surface area contributed by atoms with Gasteiger partial charge >= 0.3 is 6.16 Å². The lowest BCUT2D eigenvalue weighted by atomic mass is 10.00. The molecule has 0 aromatic heterocycles. The molecule has 0 saturated carbocycles. The van der Waals surface area contributed by atoms with E-state index in [1.54, 1.807) is 36.4 Å².